The fraction of sp³-hybridized carbons (Fsp3) is 0.333. The normalized spacial score (nSPS) is 14.0. The van der Waals surface area contributed by atoms with E-state index in [1.807, 2.05) is 18.2 Å². The van der Waals surface area contributed by atoms with Crippen molar-refractivity contribution in [3.63, 3.8) is 0 Å². The molecule has 1 aliphatic rings. The van der Waals surface area contributed by atoms with Crippen LogP contribution >= 0.6 is 0 Å². The van der Waals surface area contributed by atoms with Gasteiger partial charge >= 0.3 is 0 Å². The highest BCUT2D eigenvalue weighted by molar-refractivity contribution is 5.96. The summed E-state index contributed by atoms with van der Waals surface area (Å²) in [6, 6.07) is 14.4. The van der Waals surface area contributed by atoms with Crippen LogP contribution < -0.4 is 15.1 Å². The molecule has 0 aliphatic carbocycles. The Hall–Kier alpha value is -3.09. The van der Waals surface area contributed by atoms with Gasteiger partial charge in [0.1, 0.15) is 5.82 Å². The number of para-hydroxylation sites is 1. The maximum Gasteiger partial charge on any atom is 0.251 e. The Morgan fingerprint density at radius 1 is 1.04 bits per heavy atom. The quantitative estimate of drug-likeness (QED) is 0.857. The van der Waals surface area contributed by atoms with Crippen LogP contribution in [-0.2, 0) is 4.79 Å². The smallest absolute Gasteiger partial charge is 0.251 e. The molecule has 28 heavy (non-hydrogen) atoms. The zero-order chi connectivity index (χ0) is 20.1. The minimum atomic E-state index is -0.471. The Kier molecular flexibility index (Phi) is 6.13. The standard InChI is InChI=1S/C21H25FN4O2/c1-24(2)19-9-8-16(14-18(19)22)21(28)23-15-20(27)26-12-10-25(11-13-26)17-6-4-3-5-7-17/h3-9,14H,10-13,15H2,1-2H3,(H,23,28). The van der Waals surface area contributed by atoms with Gasteiger partial charge in [-0.2, -0.15) is 0 Å². The number of nitrogens with zero attached hydrogens (tertiary/aromatic N) is 3. The lowest BCUT2D eigenvalue weighted by Crippen LogP contribution is -2.51. The Morgan fingerprint density at radius 2 is 1.71 bits per heavy atom. The van der Waals surface area contributed by atoms with Gasteiger partial charge in [0.15, 0.2) is 0 Å². The van der Waals surface area contributed by atoms with Crippen molar-refractivity contribution in [2.75, 3.05) is 56.6 Å². The lowest BCUT2D eigenvalue weighted by atomic mass is 10.1. The molecule has 148 valence electrons. The zero-order valence-electron chi connectivity index (χ0n) is 16.2. The number of anilines is 2. The largest absolute Gasteiger partial charge is 0.375 e. The summed E-state index contributed by atoms with van der Waals surface area (Å²) in [5, 5.41) is 2.59. The number of halogens is 1. The van der Waals surface area contributed by atoms with E-state index < -0.39 is 11.7 Å². The van der Waals surface area contributed by atoms with Crippen LogP contribution in [0.4, 0.5) is 15.8 Å². The number of nitrogens with one attached hydrogen (secondary N) is 1. The van der Waals surface area contributed by atoms with Crippen molar-refractivity contribution in [3.8, 4) is 0 Å². The Morgan fingerprint density at radius 3 is 2.32 bits per heavy atom. The summed E-state index contributed by atoms with van der Waals surface area (Å²) in [6.45, 7) is 2.62. The number of amides is 2. The number of rotatable bonds is 5. The van der Waals surface area contributed by atoms with E-state index in [1.165, 1.54) is 6.07 Å². The average molecular weight is 384 g/mol. The second kappa shape index (κ2) is 8.73. The van der Waals surface area contributed by atoms with Crippen LogP contribution in [0.1, 0.15) is 10.4 Å². The van der Waals surface area contributed by atoms with Gasteiger partial charge in [-0.3, -0.25) is 9.59 Å². The molecule has 0 atom stereocenters. The molecule has 3 rings (SSSR count). The predicted molar refractivity (Wildman–Crippen MR) is 108 cm³/mol. The van der Waals surface area contributed by atoms with Gasteiger partial charge in [0.05, 0.1) is 12.2 Å². The molecule has 0 bridgehead atoms. The molecule has 0 aromatic heterocycles. The van der Waals surface area contributed by atoms with Crippen molar-refractivity contribution < 1.29 is 14.0 Å². The molecular formula is C21H25FN4O2. The first-order valence-electron chi connectivity index (χ1n) is 9.28. The summed E-state index contributed by atoms with van der Waals surface area (Å²) in [7, 11) is 3.46. The number of carbonyl (C=O) groups excluding carboxylic acids is 2. The fourth-order valence-corrected chi connectivity index (χ4v) is 3.23. The maximum absolute atomic E-state index is 14.0. The van der Waals surface area contributed by atoms with Crippen molar-refractivity contribution in [1.82, 2.24) is 10.2 Å². The number of hydrogen-bond donors (Lipinski definition) is 1. The highest BCUT2D eigenvalue weighted by Crippen LogP contribution is 2.18. The molecule has 0 unspecified atom stereocenters. The Balaban J connectivity index is 1.49. The third kappa shape index (κ3) is 4.60. The number of piperazine rings is 1. The molecule has 0 spiro atoms. The molecular weight excluding hydrogens is 359 g/mol. The van der Waals surface area contributed by atoms with Crippen LogP contribution in [0.25, 0.3) is 0 Å². The third-order valence-corrected chi connectivity index (χ3v) is 4.85. The van der Waals surface area contributed by atoms with Crippen LogP contribution in [-0.4, -0.2) is 63.5 Å². The van der Waals surface area contributed by atoms with Crippen molar-refractivity contribution >= 4 is 23.2 Å². The zero-order valence-corrected chi connectivity index (χ0v) is 16.2. The first-order valence-corrected chi connectivity index (χ1v) is 9.28. The van der Waals surface area contributed by atoms with Gasteiger partial charge in [-0.15, -0.1) is 0 Å². The molecule has 2 aromatic rings. The van der Waals surface area contributed by atoms with E-state index in [0.717, 1.165) is 18.8 Å². The minimum absolute atomic E-state index is 0.0960. The van der Waals surface area contributed by atoms with Crippen molar-refractivity contribution in [2.24, 2.45) is 0 Å². The van der Waals surface area contributed by atoms with Gasteiger partial charge in [-0.25, -0.2) is 4.39 Å². The molecule has 6 nitrogen and oxygen atoms in total. The molecule has 1 aliphatic heterocycles. The monoisotopic (exact) mass is 384 g/mol. The van der Waals surface area contributed by atoms with Gasteiger partial charge in [0.2, 0.25) is 5.91 Å². The lowest BCUT2D eigenvalue weighted by Gasteiger charge is -2.36. The number of benzene rings is 2. The average Bonchev–Trinajstić information content (AvgIpc) is 2.72. The van der Waals surface area contributed by atoms with Crippen molar-refractivity contribution in [2.45, 2.75) is 0 Å². The van der Waals surface area contributed by atoms with Gasteiger partial charge in [-0.05, 0) is 30.3 Å². The van der Waals surface area contributed by atoms with Gasteiger partial charge in [0.25, 0.3) is 5.91 Å². The first-order chi connectivity index (χ1) is 13.5. The van der Waals surface area contributed by atoms with E-state index in [-0.39, 0.29) is 18.0 Å². The van der Waals surface area contributed by atoms with Crippen molar-refractivity contribution in [3.05, 3.63) is 59.9 Å². The maximum atomic E-state index is 14.0. The summed E-state index contributed by atoms with van der Waals surface area (Å²) >= 11 is 0. The van der Waals surface area contributed by atoms with Crippen LogP contribution in [0, 0.1) is 5.82 Å². The molecule has 2 aromatic carbocycles. The summed E-state index contributed by atoms with van der Waals surface area (Å²) in [5.74, 6) is -1.06. The second-order valence-electron chi connectivity index (χ2n) is 6.95. The van der Waals surface area contributed by atoms with Crippen LogP contribution in [0.3, 0.4) is 0 Å². The molecule has 1 N–H and O–H groups in total. The third-order valence-electron chi connectivity index (χ3n) is 4.85. The van der Waals surface area contributed by atoms with E-state index in [1.54, 1.807) is 36.0 Å². The lowest BCUT2D eigenvalue weighted by molar-refractivity contribution is -0.130. The summed E-state index contributed by atoms with van der Waals surface area (Å²) in [5.41, 5.74) is 1.75. The molecule has 2 amide bonds. The Labute approximate surface area is 164 Å². The topological polar surface area (TPSA) is 55.9 Å². The molecule has 1 heterocycles. The van der Waals surface area contributed by atoms with E-state index >= 15 is 0 Å². The first kappa shape index (κ1) is 19.7. The van der Waals surface area contributed by atoms with Gasteiger partial charge in [0, 0.05) is 51.5 Å². The van der Waals surface area contributed by atoms with E-state index in [9.17, 15) is 14.0 Å². The summed E-state index contributed by atoms with van der Waals surface area (Å²) in [4.78, 5) is 30.2. The molecule has 7 heteroatoms. The molecule has 0 saturated carbocycles. The second-order valence-corrected chi connectivity index (χ2v) is 6.95. The molecule has 0 radical (unpaired) electrons. The number of carbonyl (C=O) groups is 2. The Bertz CT molecular complexity index is 834. The molecule has 1 fully saturated rings. The molecule has 1 saturated heterocycles. The highest BCUT2D eigenvalue weighted by atomic mass is 19.1. The number of hydrogen-bond acceptors (Lipinski definition) is 4. The predicted octanol–water partition coefficient (Wildman–Crippen LogP) is 1.97. The summed E-state index contributed by atoms with van der Waals surface area (Å²) < 4.78 is 14.0. The van der Waals surface area contributed by atoms with E-state index in [2.05, 4.69) is 22.3 Å². The SMILES string of the molecule is CN(C)c1ccc(C(=O)NCC(=O)N2CCN(c3ccccc3)CC2)cc1F. The van der Waals surface area contributed by atoms with Gasteiger partial charge < -0.3 is 20.0 Å². The van der Waals surface area contributed by atoms with Crippen molar-refractivity contribution in [1.29, 1.82) is 0 Å². The summed E-state index contributed by atoms with van der Waals surface area (Å²) in [6.07, 6.45) is 0. The van der Waals surface area contributed by atoms with Crippen LogP contribution in [0.15, 0.2) is 48.5 Å². The minimum Gasteiger partial charge on any atom is -0.375 e. The van der Waals surface area contributed by atoms with Crippen LogP contribution in [0.5, 0.6) is 0 Å². The van der Waals surface area contributed by atoms with Crippen LogP contribution in [0.2, 0.25) is 0 Å². The fourth-order valence-electron chi connectivity index (χ4n) is 3.23. The highest BCUT2D eigenvalue weighted by Gasteiger charge is 2.21. The van der Waals surface area contributed by atoms with Gasteiger partial charge in [-0.1, -0.05) is 18.2 Å². The van der Waals surface area contributed by atoms with E-state index in [4.69, 9.17) is 0 Å². The van der Waals surface area contributed by atoms with E-state index in [0.29, 0.717) is 18.8 Å².